The third kappa shape index (κ3) is 4.86. The van der Waals surface area contributed by atoms with Gasteiger partial charge in [-0.25, -0.2) is 4.79 Å². The average molecular weight is 266 g/mol. The lowest BCUT2D eigenvalue weighted by Gasteiger charge is -2.04. The van der Waals surface area contributed by atoms with E-state index in [2.05, 4.69) is 9.73 Å². The van der Waals surface area contributed by atoms with Crippen LogP contribution >= 0.6 is 11.6 Å². The number of nitrogens with zero attached hydrogens (tertiary/aromatic N) is 1. The van der Waals surface area contributed by atoms with Crippen molar-refractivity contribution < 1.29 is 22.7 Å². The van der Waals surface area contributed by atoms with Crippen LogP contribution in [0.1, 0.15) is 5.56 Å². The molecule has 0 fully saturated rings. The Kier molecular flexibility index (Phi) is 4.51. The summed E-state index contributed by atoms with van der Waals surface area (Å²) in [4.78, 5) is 13.4. The Balaban J connectivity index is 2.52. The Bertz CT molecular complexity index is 417. The van der Waals surface area contributed by atoms with Gasteiger partial charge in [0.15, 0.2) is 0 Å². The predicted molar refractivity (Wildman–Crippen MR) is 56.0 cm³/mol. The van der Waals surface area contributed by atoms with Crippen LogP contribution in [0.5, 0.6) is 0 Å². The fourth-order valence-electron chi connectivity index (χ4n) is 0.895. The van der Waals surface area contributed by atoms with Crippen molar-refractivity contribution in [3.8, 4) is 0 Å². The number of ether oxygens (including phenoxy) is 1. The van der Waals surface area contributed by atoms with Gasteiger partial charge in [-0.3, -0.25) is 0 Å². The van der Waals surface area contributed by atoms with E-state index in [1.807, 2.05) is 0 Å². The number of hydrogen-bond acceptors (Lipinski definition) is 2. The van der Waals surface area contributed by atoms with Crippen LogP contribution in [-0.4, -0.2) is 17.4 Å². The Morgan fingerprint density at radius 2 is 1.88 bits per heavy atom. The molecule has 0 radical (unpaired) electrons. The minimum Gasteiger partial charge on any atom is -0.443 e. The lowest BCUT2D eigenvalue weighted by molar-refractivity contribution is -0.0561. The maximum Gasteiger partial charge on any atom is 0.444 e. The van der Waals surface area contributed by atoms with Gasteiger partial charge in [0.2, 0.25) is 5.17 Å². The van der Waals surface area contributed by atoms with Crippen molar-refractivity contribution in [2.75, 3.05) is 0 Å². The van der Waals surface area contributed by atoms with Gasteiger partial charge in [0.05, 0.1) is 0 Å². The predicted octanol–water partition coefficient (Wildman–Crippen LogP) is 3.52. The summed E-state index contributed by atoms with van der Waals surface area (Å²) < 4.78 is 40.2. The lowest BCUT2D eigenvalue weighted by Crippen LogP contribution is -2.18. The third-order valence-electron chi connectivity index (χ3n) is 1.63. The SMILES string of the molecule is O=C(/N=C(/Cl)C(F)(F)F)OCc1ccccc1. The Morgan fingerprint density at radius 3 is 2.41 bits per heavy atom. The molecule has 0 saturated heterocycles. The van der Waals surface area contributed by atoms with Crippen LogP contribution < -0.4 is 0 Å². The molecule has 0 aliphatic carbocycles. The van der Waals surface area contributed by atoms with Crippen LogP contribution in [0.15, 0.2) is 35.3 Å². The number of alkyl halides is 3. The van der Waals surface area contributed by atoms with Gasteiger partial charge in [-0.05, 0) is 5.56 Å². The highest BCUT2D eigenvalue weighted by Gasteiger charge is 2.35. The molecule has 0 heterocycles. The fraction of sp³-hybridized carbons (Fsp3) is 0.200. The second-order valence-corrected chi connectivity index (χ2v) is 3.30. The molecule has 0 atom stereocenters. The van der Waals surface area contributed by atoms with Gasteiger partial charge in [-0.1, -0.05) is 41.9 Å². The lowest BCUT2D eigenvalue weighted by atomic mass is 10.2. The number of halogens is 4. The minimum absolute atomic E-state index is 0.162. The zero-order chi connectivity index (χ0) is 12.9. The van der Waals surface area contributed by atoms with E-state index in [4.69, 9.17) is 11.6 Å². The van der Waals surface area contributed by atoms with Crippen molar-refractivity contribution >= 4 is 22.9 Å². The molecule has 0 spiro atoms. The van der Waals surface area contributed by atoms with Crippen molar-refractivity contribution in [3.63, 3.8) is 0 Å². The number of hydrogen-bond donors (Lipinski definition) is 0. The molecule has 3 nitrogen and oxygen atoms in total. The van der Waals surface area contributed by atoms with Gasteiger partial charge in [0, 0.05) is 0 Å². The molecular weight excluding hydrogens is 259 g/mol. The summed E-state index contributed by atoms with van der Waals surface area (Å²) in [6.45, 7) is -0.162. The smallest absolute Gasteiger partial charge is 0.443 e. The molecule has 0 bridgehead atoms. The molecule has 0 N–H and O–H groups in total. The van der Waals surface area contributed by atoms with Gasteiger partial charge >= 0.3 is 12.3 Å². The minimum atomic E-state index is -4.84. The first-order chi connectivity index (χ1) is 7.89. The molecule has 1 aromatic rings. The first kappa shape index (κ1) is 13.5. The van der Waals surface area contributed by atoms with Gasteiger partial charge in [0.25, 0.3) is 0 Å². The van der Waals surface area contributed by atoms with Crippen molar-refractivity contribution in [2.45, 2.75) is 12.8 Å². The largest absolute Gasteiger partial charge is 0.444 e. The summed E-state index contributed by atoms with van der Waals surface area (Å²) in [6, 6.07) is 8.47. The summed E-state index contributed by atoms with van der Waals surface area (Å²) >= 11 is 4.76. The van der Waals surface area contributed by atoms with Crippen LogP contribution in [0.3, 0.4) is 0 Å². The zero-order valence-electron chi connectivity index (χ0n) is 8.37. The molecule has 0 aliphatic heterocycles. The Labute approximate surface area is 99.9 Å². The molecule has 0 aromatic heterocycles. The summed E-state index contributed by atoms with van der Waals surface area (Å²) in [6.07, 6.45) is -6.22. The zero-order valence-corrected chi connectivity index (χ0v) is 9.13. The quantitative estimate of drug-likeness (QED) is 0.768. The standard InChI is InChI=1S/C10H7ClF3NO2/c11-8(10(12,13)14)15-9(16)17-6-7-4-2-1-3-5-7/h1-5H,6H2/b15-8+. The first-order valence-corrected chi connectivity index (χ1v) is 4.79. The second-order valence-electron chi connectivity index (χ2n) is 2.94. The second kappa shape index (κ2) is 5.67. The first-order valence-electron chi connectivity index (χ1n) is 4.41. The van der Waals surface area contributed by atoms with Gasteiger partial charge in [0.1, 0.15) is 6.61 Å². The van der Waals surface area contributed by atoms with Crippen LogP contribution in [0.2, 0.25) is 0 Å². The average Bonchev–Trinajstić information content (AvgIpc) is 2.26. The summed E-state index contributed by atoms with van der Waals surface area (Å²) in [5, 5.41) is -1.75. The Hall–Kier alpha value is -1.56. The summed E-state index contributed by atoms with van der Waals surface area (Å²) in [5.41, 5.74) is 0.638. The molecule has 1 aromatic carbocycles. The van der Waals surface area contributed by atoms with E-state index < -0.39 is 17.4 Å². The highest BCUT2D eigenvalue weighted by molar-refractivity contribution is 6.67. The van der Waals surface area contributed by atoms with E-state index in [0.29, 0.717) is 5.56 Å². The molecular formula is C10H7ClF3NO2. The van der Waals surface area contributed by atoms with Gasteiger partial charge in [-0.15, -0.1) is 0 Å². The van der Waals surface area contributed by atoms with Crippen molar-refractivity contribution in [1.29, 1.82) is 0 Å². The summed E-state index contributed by atoms with van der Waals surface area (Å²) in [7, 11) is 0. The molecule has 0 aliphatic rings. The normalized spacial score (nSPS) is 12.4. The van der Waals surface area contributed by atoms with E-state index in [-0.39, 0.29) is 6.61 Å². The summed E-state index contributed by atoms with van der Waals surface area (Å²) in [5.74, 6) is 0. The van der Waals surface area contributed by atoms with Crippen molar-refractivity contribution in [1.82, 2.24) is 0 Å². The number of rotatable bonds is 2. The van der Waals surface area contributed by atoms with Gasteiger partial charge in [-0.2, -0.15) is 18.2 Å². The van der Waals surface area contributed by atoms with Crippen molar-refractivity contribution in [3.05, 3.63) is 35.9 Å². The van der Waals surface area contributed by atoms with E-state index in [1.165, 1.54) is 0 Å². The van der Waals surface area contributed by atoms with Crippen LogP contribution in [-0.2, 0) is 11.3 Å². The number of benzene rings is 1. The topological polar surface area (TPSA) is 38.7 Å². The molecule has 0 saturated carbocycles. The number of aliphatic imine (C=N–C) groups is 1. The maximum atomic E-state index is 11.9. The van der Waals surface area contributed by atoms with Crippen LogP contribution in [0.25, 0.3) is 0 Å². The molecule has 17 heavy (non-hydrogen) atoms. The highest BCUT2D eigenvalue weighted by atomic mass is 35.5. The fourth-order valence-corrected chi connectivity index (χ4v) is 0.964. The van der Waals surface area contributed by atoms with E-state index in [1.54, 1.807) is 30.3 Å². The van der Waals surface area contributed by atoms with Crippen molar-refractivity contribution in [2.24, 2.45) is 4.99 Å². The third-order valence-corrected chi connectivity index (χ3v) is 1.93. The highest BCUT2D eigenvalue weighted by Crippen LogP contribution is 2.20. The molecule has 0 unspecified atom stereocenters. The van der Waals surface area contributed by atoms with E-state index >= 15 is 0 Å². The molecule has 1 amide bonds. The van der Waals surface area contributed by atoms with E-state index in [9.17, 15) is 18.0 Å². The number of carbonyl (C=O) groups excluding carboxylic acids is 1. The van der Waals surface area contributed by atoms with Crippen LogP contribution in [0, 0.1) is 0 Å². The number of carbonyl (C=O) groups is 1. The Morgan fingerprint density at radius 1 is 1.29 bits per heavy atom. The maximum absolute atomic E-state index is 11.9. The van der Waals surface area contributed by atoms with Gasteiger partial charge < -0.3 is 4.74 Å². The number of amides is 1. The molecule has 92 valence electrons. The monoisotopic (exact) mass is 265 g/mol. The van der Waals surface area contributed by atoms with E-state index in [0.717, 1.165) is 0 Å². The molecule has 7 heteroatoms. The van der Waals surface area contributed by atoms with Crippen LogP contribution in [0.4, 0.5) is 18.0 Å². The molecule has 1 rings (SSSR count).